The Morgan fingerprint density at radius 3 is 3.00 bits per heavy atom. The zero-order chi connectivity index (χ0) is 14.7. The number of guanidine groups is 1. The van der Waals surface area contributed by atoms with Gasteiger partial charge in [0.1, 0.15) is 23.9 Å². The van der Waals surface area contributed by atoms with E-state index in [-0.39, 0.29) is 35.8 Å². The highest BCUT2D eigenvalue weighted by Crippen LogP contribution is 2.32. The fourth-order valence-electron chi connectivity index (χ4n) is 2.25. The molecule has 1 unspecified atom stereocenters. The maximum atomic E-state index is 13.3. The molecule has 5 nitrogen and oxygen atoms in total. The van der Waals surface area contributed by atoms with Crippen molar-refractivity contribution in [2.24, 2.45) is 4.99 Å². The van der Waals surface area contributed by atoms with Crippen LogP contribution in [-0.4, -0.2) is 19.6 Å². The number of ether oxygens (including phenoxy) is 1. The monoisotopic (exact) mass is 417 g/mol. The molecule has 118 valence electrons. The quantitative estimate of drug-likeness (QED) is 0.458. The van der Waals surface area contributed by atoms with Crippen LogP contribution in [0.1, 0.15) is 17.4 Å². The molecular formula is C15H17FIN3O2. The number of nitrogens with one attached hydrogen (secondary N) is 2. The van der Waals surface area contributed by atoms with Gasteiger partial charge in [-0.05, 0) is 30.3 Å². The summed E-state index contributed by atoms with van der Waals surface area (Å²) in [6.07, 6.45) is 1.62. The van der Waals surface area contributed by atoms with Crippen LogP contribution in [0.25, 0.3) is 0 Å². The predicted octanol–water partition coefficient (Wildman–Crippen LogP) is 2.84. The first-order chi connectivity index (χ1) is 10.3. The van der Waals surface area contributed by atoms with Crippen molar-refractivity contribution in [2.75, 3.05) is 13.7 Å². The Morgan fingerprint density at radius 2 is 2.27 bits per heavy atom. The van der Waals surface area contributed by atoms with E-state index in [1.54, 1.807) is 19.4 Å². The Labute approximate surface area is 145 Å². The second-order valence-electron chi connectivity index (χ2n) is 4.70. The summed E-state index contributed by atoms with van der Waals surface area (Å²) in [6.45, 7) is 0.969. The van der Waals surface area contributed by atoms with E-state index in [2.05, 4.69) is 15.6 Å². The molecule has 2 aromatic rings. The smallest absolute Gasteiger partial charge is 0.191 e. The summed E-state index contributed by atoms with van der Waals surface area (Å²) in [4.78, 5) is 4.15. The first-order valence-electron chi connectivity index (χ1n) is 6.68. The number of hydrogen-bond acceptors (Lipinski definition) is 3. The van der Waals surface area contributed by atoms with Gasteiger partial charge in [-0.25, -0.2) is 4.39 Å². The van der Waals surface area contributed by atoms with Crippen molar-refractivity contribution in [1.82, 2.24) is 10.6 Å². The van der Waals surface area contributed by atoms with Gasteiger partial charge in [0.15, 0.2) is 5.96 Å². The third-order valence-corrected chi connectivity index (χ3v) is 3.30. The van der Waals surface area contributed by atoms with Crippen LogP contribution in [0.5, 0.6) is 5.75 Å². The summed E-state index contributed by atoms with van der Waals surface area (Å²) in [7, 11) is 1.68. The largest absolute Gasteiger partial charge is 0.491 e. The van der Waals surface area contributed by atoms with Crippen LogP contribution in [-0.2, 0) is 6.54 Å². The minimum absolute atomic E-state index is 0. The van der Waals surface area contributed by atoms with Gasteiger partial charge in [0, 0.05) is 12.6 Å². The summed E-state index contributed by atoms with van der Waals surface area (Å²) < 4.78 is 24.1. The molecule has 0 saturated carbocycles. The highest BCUT2D eigenvalue weighted by molar-refractivity contribution is 14.0. The van der Waals surface area contributed by atoms with Crippen LogP contribution in [0.15, 0.2) is 46.0 Å². The average Bonchev–Trinajstić information content (AvgIpc) is 3.13. The molecule has 1 aromatic heterocycles. The van der Waals surface area contributed by atoms with Gasteiger partial charge in [-0.1, -0.05) is 0 Å². The SMILES string of the molecule is CN=C(NCc1ccco1)NC1COc2ccc(F)cc21.I. The number of aliphatic imine (C=N–C) groups is 1. The van der Waals surface area contributed by atoms with E-state index < -0.39 is 0 Å². The molecule has 1 atom stereocenters. The molecule has 2 heterocycles. The Morgan fingerprint density at radius 1 is 1.41 bits per heavy atom. The third-order valence-electron chi connectivity index (χ3n) is 3.30. The summed E-state index contributed by atoms with van der Waals surface area (Å²) in [5.74, 6) is 1.85. The van der Waals surface area contributed by atoms with Gasteiger partial charge in [-0.15, -0.1) is 24.0 Å². The molecule has 7 heteroatoms. The Balaban J connectivity index is 0.00000176. The summed E-state index contributed by atoms with van der Waals surface area (Å²) in [5, 5.41) is 6.36. The molecule has 0 spiro atoms. The van der Waals surface area contributed by atoms with Crippen molar-refractivity contribution in [3.63, 3.8) is 0 Å². The van der Waals surface area contributed by atoms with Crippen molar-refractivity contribution < 1.29 is 13.5 Å². The fourth-order valence-corrected chi connectivity index (χ4v) is 2.25. The lowest BCUT2D eigenvalue weighted by Crippen LogP contribution is -2.39. The molecule has 0 bridgehead atoms. The lowest BCUT2D eigenvalue weighted by atomic mass is 10.1. The summed E-state index contributed by atoms with van der Waals surface area (Å²) in [6, 6.07) is 8.11. The Hall–Kier alpha value is -1.77. The highest BCUT2D eigenvalue weighted by atomic mass is 127. The van der Waals surface area contributed by atoms with Gasteiger partial charge < -0.3 is 19.8 Å². The zero-order valence-corrected chi connectivity index (χ0v) is 14.3. The van der Waals surface area contributed by atoms with Crippen molar-refractivity contribution in [1.29, 1.82) is 0 Å². The van der Waals surface area contributed by atoms with Crippen molar-refractivity contribution in [2.45, 2.75) is 12.6 Å². The molecule has 1 aliphatic heterocycles. The van der Waals surface area contributed by atoms with Crippen LogP contribution < -0.4 is 15.4 Å². The maximum absolute atomic E-state index is 13.3. The van der Waals surface area contributed by atoms with Crippen LogP contribution in [0, 0.1) is 5.82 Å². The minimum atomic E-state index is -0.274. The molecular weight excluding hydrogens is 400 g/mol. The number of rotatable bonds is 3. The number of fused-ring (bicyclic) bond motifs is 1. The van der Waals surface area contributed by atoms with Crippen LogP contribution in [0.4, 0.5) is 4.39 Å². The number of benzene rings is 1. The molecule has 0 amide bonds. The van der Waals surface area contributed by atoms with Crippen molar-refractivity contribution >= 4 is 29.9 Å². The second-order valence-corrected chi connectivity index (χ2v) is 4.70. The number of halogens is 2. The lowest BCUT2D eigenvalue weighted by molar-refractivity contribution is 0.323. The van der Waals surface area contributed by atoms with Gasteiger partial charge in [-0.2, -0.15) is 0 Å². The van der Waals surface area contributed by atoms with E-state index in [0.29, 0.717) is 24.9 Å². The Kier molecular flexibility index (Phi) is 5.64. The van der Waals surface area contributed by atoms with E-state index >= 15 is 0 Å². The average molecular weight is 417 g/mol. The third kappa shape index (κ3) is 3.70. The molecule has 0 fully saturated rings. The topological polar surface area (TPSA) is 58.8 Å². The molecule has 1 aliphatic rings. The fraction of sp³-hybridized carbons (Fsp3) is 0.267. The van der Waals surface area contributed by atoms with Gasteiger partial charge >= 0.3 is 0 Å². The first-order valence-corrected chi connectivity index (χ1v) is 6.68. The van der Waals surface area contributed by atoms with Gasteiger partial charge in [0.2, 0.25) is 0 Å². The second kappa shape index (κ2) is 7.48. The lowest BCUT2D eigenvalue weighted by Gasteiger charge is -2.16. The van der Waals surface area contributed by atoms with Gasteiger partial charge in [-0.3, -0.25) is 4.99 Å². The van der Waals surface area contributed by atoms with E-state index in [1.807, 2.05) is 12.1 Å². The molecule has 0 radical (unpaired) electrons. The Bertz CT molecular complexity index is 646. The van der Waals surface area contributed by atoms with Crippen LogP contribution in [0.3, 0.4) is 0 Å². The highest BCUT2D eigenvalue weighted by Gasteiger charge is 2.25. The molecule has 0 saturated heterocycles. The number of furan rings is 1. The van der Waals surface area contributed by atoms with E-state index in [4.69, 9.17) is 9.15 Å². The van der Waals surface area contributed by atoms with E-state index in [1.165, 1.54) is 12.1 Å². The van der Waals surface area contributed by atoms with Gasteiger partial charge in [0.25, 0.3) is 0 Å². The zero-order valence-electron chi connectivity index (χ0n) is 12.0. The van der Waals surface area contributed by atoms with Crippen LogP contribution in [0.2, 0.25) is 0 Å². The first kappa shape index (κ1) is 16.6. The molecule has 0 aliphatic carbocycles. The number of hydrogen-bond donors (Lipinski definition) is 2. The van der Waals surface area contributed by atoms with Gasteiger partial charge in [0.05, 0.1) is 18.8 Å². The molecule has 1 aromatic carbocycles. The molecule has 2 N–H and O–H groups in total. The predicted molar refractivity (Wildman–Crippen MR) is 92.1 cm³/mol. The summed E-state index contributed by atoms with van der Waals surface area (Å²) in [5.41, 5.74) is 0.802. The van der Waals surface area contributed by atoms with Crippen LogP contribution >= 0.6 is 24.0 Å². The minimum Gasteiger partial charge on any atom is -0.491 e. The summed E-state index contributed by atoms with van der Waals surface area (Å²) >= 11 is 0. The molecule has 3 rings (SSSR count). The standard InChI is InChI=1S/C15H16FN3O2.HI/c1-17-15(18-8-11-3-2-6-20-11)19-13-9-21-14-5-4-10(16)7-12(13)14;/h2-7,13H,8-9H2,1H3,(H2,17,18,19);1H. The van der Waals surface area contributed by atoms with Crippen molar-refractivity contribution in [3.8, 4) is 5.75 Å². The molecule has 22 heavy (non-hydrogen) atoms. The number of nitrogens with zero attached hydrogens (tertiary/aromatic N) is 1. The normalized spacial score (nSPS) is 16.5. The maximum Gasteiger partial charge on any atom is 0.191 e. The van der Waals surface area contributed by atoms with E-state index in [0.717, 1.165) is 11.3 Å². The van der Waals surface area contributed by atoms with E-state index in [9.17, 15) is 4.39 Å². The van der Waals surface area contributed by atoms with Crippen molar-refractivity contribution in [3.05, 3.63) is 53.7 Å².